The van der Waals surface area contributed by atoms with Crippen LogP contribution in [0, 0.1) is 13.8 Å². The minimum atomic E-state index is 0.906. The highest BCUT2D eigenvalue weighted by Crippen LogP contribution is 2.23. The molecule has 0 unspecified atom stereocenters. The van der Waals surface area contributed by atoms with Crippen molar-refractivity contribution < 1.29 is 0 Å². The number of aryl methyl sites for hydroxylation is 3. The molecule has 2 nitrogen and oxygen atoms in total. The molecular formula is C14H18N2S. The summed E-state index contributed by atoms with van der Waals surface area (Å²) in [5.74, 6) is 0. The Labute approximate surface area is 107 Å². The van der Waals surface area contributed by atoms with Gasteiger partial charge < -0.3 is 5.73 Å². The van der Waals surface area contributed by atoms with Gasteiger partial charge in [0.1, 0.15) is 0 Å². The van der Waals surface area contributed by atoms with Crippen LogP contribution in [0.15, 0.2) is 18.2 Å². The first-order valence-electron chi connectivity index (χ1n) is 5.90. The van der Waals surface area contributed by atoms with Gasteiger partial charge in [0.05, 0.1) is 10.7 Å². The summed E-state index contributed by atoms with van der Waals surface area (Å²) in [5.41, 5.74) is 10.6. The van der Waals surface area contributed by atoms with Gasteiger partial charge in [-0.05, 0) is 37.5 Å². The fourth-order valence-electron chi connectivity index (χ4n) is 2.00. The normalized spacial score (nSPS) is 10.8. The van der Waals surface area contributed by atoms with E-state index in [9.17, 15) is 0 Å². The molecule has 0 bridgehead atoms. The first-order valence-corrected chi connectivity index (χ1v) is 6.72. The quantitative estimate of drug-likeness (QED) is 0.842. The largest absolute Gasteiger partial charge is 0.398 e. The fraction of sp³-hybridized carbons (Fsp3) is 0.357. The van der Waals surface area contributed by atoms with Gasteiger partial charge in [0.15, 0.2) is 0 Å². The second-order valence-corrected chi connectivity index (χ2v) is 5.59. The Morgan fingerprint density at radius 2 is 2.06 bits per heavy atom. The SMILES string of the molecule is CCc1ccc(Cc2sc(C)nc2C)cc1N. The zero-order valence-corrected chi connectivity index (χ0v) is 11.4. The Balaban J connectivity index is 2.24. The van der Waals surface area contributed by atoms with Gasteiger partial charge in [0.25, 0.3) is 0 Å². The van der Waals surface area contributed by atoms with Crippen LogP contribution >= 0.6 is 11.3 Å². The zero-order valence-electron chi connectivity index (χ0n) is 10.6. The number of benzene rings is 1. The second kappa shape index (κ2) is 4.88. The van der Waals surface area contributed by atoms with Crippen molar-refractivity contribution in [2.75, 3.05) is 5.73 Å². The van der Waals surface area contributed by atoms with Gasteiger partial charge in [0.2, 0.25) is 0 Å². The third-order valence-corrected chi connectivity index (χ3v) is 4.03. The molecule has 0 saturated heterocycles. The Morgan fingerprint density at radius 1 is 1.29 bits per heavy atom. The van der Waals surface area contributed by atoms with Crippen molar-refractivity contribution >= 4 is 17.0 Å². The summed E-state index contributed by atoms with van der Waals surface area (Å²) in [6, 6.07) is 6.39. The van der Waals surface area contributed by atoms with Crippen LogP contribution < -0.4 is 5.73 Å². The van der Waals surface area contributed by atoms with E-state index in [1.54, 1.807) is 11.3 Å². The molecule has 2 aromatic rings. The Kier molecular flexibility index (Phi) is 3.48. The molecule has 0 radical (unpaired) electrons. The lowest BCUT2D eigenvalue weighted by atomic mass is 10.0. The lowest BCUT2D eigenvalue weighted by molar-refractivity contribution is 1.11. The summed E-state index contributed by atoms with van der Waals surface area (Å²) in [4.78, 5) is 5.79. The topological polar surface area (TPSA) is 38.9 Å². The van der Waals surface area contributed by atoms with E-state index in [1.807, 2.05) is 0 Å². The fourth-order valence-corrected chi connectivity index (χ4v) is 2.97. The van der Waals surface area contributed by atoms with Crippen molar-refractivity contribution in [3.63, 3.8) is 0 Å². The van der Waals surface area contributed by atoms with Crippen LogP contribution in [0.1, 0.15) is 33.6 Å². The summed E-state index contributed by atoms with van der Waals surface area (Å²) in [6.07, 6.45) is 1.93. The van der Waals surface area contributed by atoms with Crippen LogP contribution in [-0.2, 0) is 12.8 Å². The van der Waals surface area contributed by atoms with Crippen LogP contribution in [-0.4, -0.2) is 4.98 Å². The molecule has 2 N–H and O–H groups in total. The maximum Gasteiger partial charge on any atom is 0.0900 e. The number of hydrogen-bond donors (Lipinski definition) is 1. The van der Waals surface area contributed by atoms with Crippen LogP contribution in [0.2, 0.25) is 0 Å². The number of aromatic nitrogens is 1. The zero-order chi connectivity index (χ0) is 12.4. The van der Waals surface area contributed by atoms with Crippen molar-refractivity contribution in [3.05, 3.63) is 44.9 Å². The second-order valence-electron chi connectivity index (χ2n) is 4.30. The van der Waals surface area contributed by atoms with Gasteiger partial charge in [-0.25, -0.2) is 4.98 Å². The average Bonchev–Trinajstić information content (AvgIpc) is 2.58. The van der Waals surface area contributed by atoms with E-state index >= 15 is 0 Å². The van der Waals surface area contributed by atoms with E-state index in [1.165, 1.54) is 16.0 Å². The maximum atomic E-state index is 6.02. The Morgan fingerprint density at radius 3 is 2.59 bits per heavy atom. The highest BCUT2D eigenvalue weighted by molar-refractivity contribution is 7.11. The smallest absolute Gasteiger partial charge is 0.0900 e. The summed E-state index contributed by atoms with van der Waals surface area (Å²) < 4.78 is 0. The summed E-state index contributed by atoms with van der Waals surface area (Å²) in [6.45, 7) is 6.25. The number of nitrogens with zero attached hydrogens (tertiary/aromatic N) is 1. The number of rotatable bonds is 3. The molecule has 90 valence electrons. The molecule has 17 heavy (non-hydrogen) atoms. The Hall–Kier alpha value is -1.35. The molecule has 1 aromatic heterocycles. The molecule has 0 atom stereocenters. The molecule has 1 heterocycles. The maximum absolute atomic E-state index is 6.02. The standard InChI is InChI=1S/C14H18N2S/c1-4-12-6-5-11(7-13(12)15)8-14-9(2)16-10(3)17-14/h5-7H,4,8,15H2,1-3H3. The first-order chi connectivity index (χ1) is 8.10. The molecule has 0 aliphatic heterocycles. The first kappa shape index (κ1) is 12.1. The van der Waals surface area contributed by atoms with E-state index in [2.05, 4.69) is 44.0 Å². The van der Waals surface area contributed by atoms with Crippen LogP contribution in [0.4, 0.5) is 5.69 Å². The summed E-state index contributed by atoms with van der Waals surface area (Å²) in [5, 5.41) is 1.13. The molecule has 3 heteroatoms. The van der Waals surface area contributed by atoms with Crippen LogP contribution in [0.3, 0.4) is 0 Å². The number of nitrogens with two attached hydrogens (primary N) is 1. The van der Waals surface area contributed by atoms with Gasteiger partial charge in [-0.15, -0.1) is 11.3 Å². The molecule has 2 rings (SSSR count). The van der Waals surface area contributed by atoms with Gasteiger partial charge in [0, 0.05) is 17.0 Å². The van der Waals surface area contributed by atoms with Gasteiger partial charge in [-0.1, -0.05) is 19.1 Å². The molecule has 0 aliphatic rings. The number of anilines is 1. The molecule has 0 amide bonds. The molecule has 0 fully saturated rings. The average molecular weight is 246 g/mol. The highest BCUT2D eigenvalue weighted by Gasteiger charge is 2.06. The lowest BCUT2D eigenvalue weighted by Crippen LogP contribution is -1.95. The van der Waals surface area contributed by atoms with Crippen LogP contribution in [0.5, 0.6) is 0 Å². The van der Waals surface area contributed by atoms with E-state index < -0.39 is 0 Å². The third-order valence-electron chi connectivity index (χ3n) is 2.96. The predicted molar refractivity (Wildman–Crippen MR) is 74.6 cm³/mol. The Bertz CT molecular complexity index is 529. The molecule has 0 aliphatic carbocycles. The minimum Gasteiger partial charge on any atom is -0.398 e. The molecule has 0 spiro atoms. The third kappa shape index (κ3) is 2.67. The summed E-state index contributed by atoms with van der Waals surface area (Å²) >= 11 is 1.77. The van der Waals surface area contributed by atoms with Crippen molar-refractivity contribution in [2.24, 2.45) is 0 Å². The van der Waals surface area contributed by atoms with Crippen LogP contribution in [0.25, 0.3) is 0 Å². The molecular weight excluding hydrogens is 228 g/mol. The van der Waals surface area contributed by atoms with E-state index in [0.29, 0.717) is 0 Å². The number of thiazole rings is 1. The summed E-state index contributed by atoms with van der Waals surface area (Å²) in [7, 11) is 0. The monoisotopic (exact) mass is 246 g/mol. The predicted octanol–water partition coefficient (Wildman–Crippen LogP) is 3.50. The lowest BCUT2D eigenvalue weighted by Gasteiger charge is -2.06. The van der Waals surface area contributed by atoms with Gasteiger partial charge in [-0.2, -0.15) is 0 Å². The van der Waals surface area contributed by atoms with E-state index in [-0.39, 0.29) is 0 Å². The van der Waals surface area contributed by atoms with E-state index in [0.717, 1.165) is 29.2 Å². The highest BCUT2D eigenvalue weighted by atomic mass is 32.1. The van der Waals surface area contributed by atoms with Gasteiger partial charge in [-0.3, -0.25) is 0 Å². The molecule has 1 aromatic carbocycles. The van der Waals surface area contributed by atoms with Crippen molar-refractivity contribution in [1.29, 1.82) is 0 Å². The number of hydrogen-bond acceptors (Lipinski definition) is 3. The van der Waals surface area contributed by atoms with Crippen molar-refractivity contribution in [3.8, 4) is 0 Å². The molecule has 0 saturated carbocycles. The van der Waals surface area contributed by atoms with Gasteiger partial charge >= 0.3 is 0 Å². The minimum absolute atomic E-state index is 0.906. The van der Waals surface area contributed by atoms with Crippen molar-refractivity contribution in [1.82, 2.24) is 4.98 Å². The number of nitrogen functional groups attached to an aromatic ring is 1. The van der Waals surface area contributed by atoms with Crippen molar-refractivity contribution in [2.45, 2.75) is 33.6 Å². The van der Waals surface area contributed by atoms with E-state index in [4.69, 9.17) is 5.73 Å².